The lowest BCUT2D eigenvalue weighted by molar-refractivity contribution is 0.0688. The number of halogens is 2. The smallest absolute Gasteiger partial charge is 0.352 e. The van der Waals surface area contributed by atoms with Crippen LogP contribution in [0.4, 0.5) is 0 Å². The normalized spacial score (nSPS) is 10.5. The number of hydrogen-bond donors (Lipinski definition) is 1. The molecule has 0 saturated carbocycles. The maximum Gasteiger partial charge on any atom is 0.352 e. The molecule has 0 saturated heterocycles. The average molecular weight is 343 g/mol. The first kappa shape index (κ1) is 13.8. The number of carbonyl (C=O) groups is 2. The Kier molecular flexibility index (Phi) is 3.78. The van der Waals surface area contributed by atoms with Gasteiger partial charge in [0.2, 0.25) is 0 Å². The van der Waals surface area contributed by atoms with Crippen LogP contribution in [0.1, 0.15) is 27.8 Å². The zero-order valence-electron chi connectivity index (χ0n) is 9.85. The fourth-order valence-corrected chi connectivity index (χ4v) is 2.09. The molecular formula is C13H9BrClNO3. The molecule has 98 valence electrons. The lowest BCUT2D eigenvalue weighted by atomic mass is 10.2. The minimum Gasteiger partial charge on any atom is -0.477 e. The zero-order valence-corrected chi connectivity index (χ0v) is 12.2. The van der Waals surface area contributed by atoms with Crippen molar-refractivity contribution in [3.8, 4) is 5.69 Å². The van der Waals surface area contributed by atoms with Crippen molar-refractivity contribution in [1.29, 1.82) is 0 Å². The van der Waals surface area contributed by atoms with Crippen LogP contribution in [0.25, 0.3) is 5.69 Å². The Hall–Kier alpha value is -1.59. The molecule has 0 aliphatic heterocycles. The maximum atomic E-state index is 11.3. The van der Waals surface area contributed by atoms with Crippen molar-refractivity contribution in [1.82, 2.24) is 4.57 Å². The number of rotatable bonds is 3. The van der Waals surface area contributed by atoms with Gasteiger partial charge in [-0.1, -0.05) is 11.6 Å². The van der Waals surface area contributed by atoms with Crippen LogP contribution < -0.4 is 0 Å². The third-order valence-corrected chi connectivity index (χ3v) is 3.86. The summed E-state index contributed by atoms with van der Waals surface area (Å²) in [5.41, 5.74) is 0.943. The van der Waals surface area contributed by atoms with Gasteiger partial charge < -0.3 is 9.67 Å². The molecule has 2 aromatic rings. The Morgan fingerprint density at radius 2 is 2.00 bits per heavy atom. The molecule has 1 heterocycles. The predicted octanol–water partition coefficient (Wildman–Crippen LogP) is 3.79. The summed E-state index contributed by atoms with van der Waals surface area (Å²) in [6, 6.07) is 6.41. The van der Waals surface area contributed by atoms with E-state index < -0.39 is 5.97 Å². The number of ketones is 1. The van der Waals surface area contributed by atoms with Gasteiger partial charge in [0.25, 0.3) is 0 Å². The van der Waals surface area contributed by atoms with Gasteiger partial charge in [0.15, 0.2) is 5.78 Å². The second kappa shape index (κ2) is 5.19. The molecule has 0 bridgehead atoms. The molecule has 0 aliphatic carbocycles. The van der Waals surface area contributed by atoms with E-state index in [4.69, 9.17) is 11.6 Å². The molecule has 0 unspecified atom stereocenters. The van der Waals surface area contributed by atoms with E-state index in [-0.39, 0.29) is 11.5 Å². The number of hydrogen-bond acceptors (Lipinski definition) is 2. The minimum atomic E-state index is -1.11. The van der Waals surface area contributed by atoms with Crippen LogP contribution >= 0.6 is 27.5 Å². The van der Waals surface area contributed by atoms with Crippen LogP contribution in [0.5, 0.6) is 0 Å². The summed E-state index contributed by atoms with van der Waals surface area (Å²) in [7, 11) is 0. The summed E-state index contributed by atoms with van der Waals surface area (Å²) in [6.45, 7) is 1.39. The molecule has 1 aromatic carbocycles. The van der Waals surface area contributed by atoms with E-state index in [1.165, 1.54) is 23.8 Å². The molecule has 2 rings (SSSR count). The van der Waals surface area contributed by atoms with Crippen molar-refractivity contribution >= 4 is 39.3 Å². The Bertz CT molecular complexity index is 679. The first-order valence-electron chi connectivity index (χ1n) is 5.32. The van der Waals surface area contributed by atoms with Crippen LogP contribution in [-0.2, 0) is 0 Å². The first-order chi connectivity index (χ1) is 8.90. The lowest BCUT2D eigenvalue weighted by Gasteiger charge is -2.07. The van der Waals surface area contributed by atoms with Gasteiger partial charge in [-0.25, -0.2) is 4.79 Å². The minimum absolute atomic E-state index is 0.0172. The van der Waals surface area contributed by atoms with Crippen molar-refractivity contribution in [2.75, 3.05) is 0 Å². The van der Waals surface area contributed by atoms with Crippen molar-refractivity contribution in [3.63, 3.8) is 0 Å². The molecule has 0 aliphatic rings. The van der Waals surface area contributed by atoms with Gasteiger partial charge >= 0.3 is 5.97 Å². The topological polar surface area (TPSA) is 59.3 Å². The number of carbonyl (C=O) groups excluding carboxylic acids is 1. The molecule has 0 spiro atoms. The quantitative estimate of drug-likeness (QED) is 0.863. The number of benzene rings is 1. The van der Waals surface area contributed by atoms with Crippen LogP contribution in [0.15, 0.2) is 34.9 Å². The van der Waals surface area contributed by atoms with Gasteiger partial charge in [-0.15, -0.1) is 0 Å². The molecular weight excluding hydrogens is 334 g/mol. The first-order valence-corrected chi connectivity index (χ1v) is 6.49. The van der Waals surface area contributed by atoms with Gasteiger partial charge in [-0.2, -0.15) is 0 Å². The third-order valence-electron chi connectivity index (χ3n) is 2.63. The highest BCUT2D eigenvalue weighted by Gasteiger charge is 2.16. The Morgan fingerprint density at radius 1 is 1.32 bits per heavy atom. The van der Waals surface area contributed by atoms with E-state index >= 15 is 0 Å². The van der Waals surface area contributed by atoms with Crippen LogP contribution in [-0.4, -0.2) is 21.4 Å². The zero-order chi connectivity index (χ0) is 14.2. The molecule has 6 heteroatoms. The van der Waals surface area contributed by atoms with Gasteiger partial charge in [-0.3, -0.25) is 4.79 Å². The fraction of sp³-hybridized carbons (Fsp3) is 0.0769. The molecule has 0 fully saturated rings. The van der Waals surface area contributed by atoms with Crippen molar-refractivity contribution in [2.24, 2.45) is 0 Å². The van der Waals surface area contributed by atoms with Crippen LogP contribution in [0.2, 0.25) is 5.02 Å². The molecule has 1 N–H and O–H groups in total. The van der Waals surface area contributed by atoms with E-state index in [1.807, 2.05) is 0 Å². The highest BCUT2D eigenvalue weighted by atomic mass is 79.9. The highest BCUT2D eigenvalue weighted by Crippen LogP contribution is 2.26. The van der Waals surface area contributed by atoms with Crippen LogP contribution in [0.3, 0.4) is 0 Å². The number of carboxylic acids is 1. The molecule has 1 aromatic heterocycles. The summed E-state index contributed by atoms with van der Waals surface area (Å²) in [5, 5.41) is 9.64. The van der Waals surface area contributed by atoms with E-state index in [1.54, 1.807) is 18.2 Å². The van der Waals surface area contributed by atoms with Crippen molar-refractivity contribution in [2.45, 2.75) is 6.92 Å². The third kappa shape index (κ3) is 2.72. The lowest BCUT2D eigenvalue weighted by Crippen LogP contribution is -2.05. The van der Waals surface area contributed by atoms with Gasteiger partial charge in [0.1, 0.15) is 5.69 Å². The Labute approximate surface area is 122 Å². The van der Waals surface area contributed by atoms with Crippen molar-refractivity contribution < 1.29 is 14.7 Å². The molecule has 0 atom stereocenters. The van der Waals surface area contributed by atoms with E-state index in [0.717, 1.165) is 0 Å². The van der Waals surface area contributed by atoms with Gasteiger partial charge in [0, 0.05) is 21.9 Å². The molecule has 4 nitrogen and oxygen atoms in total. The van der Waals surface area contributed by atoms with Crippen LogP contribution in [0, 0.1) is 0 Å². The van der Waals surface area contributed by atoms with Crippen molar-refractivity contribution in [3.05, 3.63) is 51.2 Å². The molecule has 0 radical (unpaired) electrons. The Balaban J connectivity index is 2.62. The SMILES string of the molecule is CC(=O)c1cc(C(=O)O)n(-c2ccc(Br)c(Cl)c2)c1. The number of nitrogens with zero attached hydrogens (tertiary/aromatic N) is 1. The van der Waals surface area contributed by atoms with E-state index in [0.29, 0.717) is 20.7 Å². The molecule has 19 heavy (non-hydrogen) atoms. The number of aromatic carboxylic acids is 1. The summed E-state index contributed by atoms with van der Waals surface area (Å²) >= 11 is 9.26. The van der Waals surface area contributed by atoms with E-state index in [2.05, 4.69) is 15.9 Å². The van der Waals surface area contributed by atoms with E-state index in [9.17, 15) is 14.7 Å². The standard InChI is InChI=1S/C13H9BrClNO3/c1-7(17)8-4-12(13(18)19)16(6-8)9-2-3-10(14)11(15)5-9/h2-6H,1H3,(H,18,19). The predicted molar refractivity (Wildman–Crippen MR) is 75.4 cm³/mol. The molecule has 0 amide bonds. The largest absolute Gasteiger partial charge is 0.477 e. The average Bonchev–Trinajstić information content (AvgIpc) is 2.78. The number of carboxylic acid groups (broad SMARTS) is 1. The maximum absolute atomic E-state index is 11.3. The number of Topliss-reactive ketones (excluding diaryl/α,β-unsaturated/α-hetero) is 1. The summed E-state index contributed by atoms with van der Waals surface area (Å²) < 4.78 is 2.14. The summed E-state index contributed by atoms with van der Waals surface area (Å²) in [6.07, 6.45) is 1.49. The highest BCUT2D eigenvalue weighted by molar-refractivity contribution is 9.10. The van der Waals surface area contributed by atoms with Gasteiger partial charge in [0.05, 0.1) is 5.02 Å². The number of aromatic nitrogens is 1. The second-order valence-corrected chi connectivity index (χ2v) is 5.21. The fourth-order valence-electron chi connectivity index (χ4n) is 1.67. The van der Waals surface area contributed by atoms with Gasteiger partial charge in [-0.05, 0) is 47.1 Å². The monoisotopic (exact) mass is 341 g/mol. The summed E-state index contributed by atoms with van der Waals surface area (Å²) in [5.74, 6) is -1.30. The Morgan fingerprint density at radius 3 is 2.53 bits per heavy atom. The summed E-state index contributed by atoms with van der Waals surface area (Å²) in [4.78, 5) is 22.6. The second-order valence-electron chi connectivity index (χ2n) is 3.94.